The van der Waals surface area contributed by atoms with E-state index in [2.05, 4.69) is 16.6 Å². The second kappa shape index (κ2) is 9.50. The van der Waals surface area contributed by atoms with Gasteiger partial charge in [-0.25, -0.2) is 22.4 Å². The van der Waals surface area contributed by atoms with Gasteiger partial charge in [-0.15, -0.1) is 0 Å². The molecule has 0 fully saturated rings. The first-order valence-corrected chi connectivity index (χ1v) is 5.82. The zero-order chi connectivity index (χ0) is 17.3. The number of allylic oxidation sites excluding steroid dienone is 1. The van der Waals surface area contributed by atoms with Crippen LogP contribution in [0.5, 0.6) is 0 Å². The Kier molecular flexibility index (Phi) is 8.46. The minimum absolute atomic E-state index is 0.207. The quantitative estimate of drug-likeness (QED) is 0.164. The lowest BCUT2D eigenvalue weighted by molar-refractivity contribution is -0.104. The third-order valence-corrected chi connectivity index (χ3v) is 2.18. The first-order chi connectivity index (χ1) is 10.3. The lowest BCUT2D eigenvalue weighted by Gasteiger charge is -2.09. The molecule has 0 aliphatic heterocycles. The van der Waals surface area contributed by atoms with Gasteiger partial charge in [0.15, 0.2) is 23.3 Å². The van der Waals surface area contributed by atoms with Crippen LogP contribution >= 0.6 is 0 Å². The summed E-state index contributed by atoms with van der Waals surface area (Å²) in [5.74, 6) is -8.90. The molecule has 0 bridgehead atoms. The number of likely N-dealkylation sites (N-methyl/N-ethyl adjacent to an activating group) is 1. The largest absolute Gasteiger partial charge is 0.461 e. The summed E-state index contributed by atoms with van der Waals surface area (Å²) in [4.78, 5) is 20.3. The van der Waals surface area contributed by atoms with Gasteiger partial charge >= 0.3 is 5.97 Å². The Morgan fingerprint density at radius 2 is 1.68 bits per heavy atom. The maximum Gasteiger partial charge on any atom is 0.344 e. The Morgan fingerprint density at radius 3 is 2.05 bits per heavy atom. The molecule has 1 aromatic carbocycles. The smallest absolute Gasteiger partial charge is 0.344 e. The topological polar surface area (TPSA) is 81.4 Å². The number of nitrogens with two attached hydrogens (primary N) is 1. The third kappa shape index (κ3) is 4.85. The van der Waals surface area contributed by atoms with Crippen LogP contribution in [0, 0.1) is 23.3 Å². The van der Waals surface area contributed by atoms with E-state index in [-0.39, 0.29) is 13.2 Å². The molecule has 0 aromatic heterocycles. The van der Waals surface area contributed by atoms with E-state index < -0.39 is 40.5 Å². The Labute approximate surface area is 123 Å². The summed E-state index contributed by atoms with van der Waals surface area (Å²) >= 11 is 0. The summed E-state index contributed by atoms with van der Waals surface area (Å²) in [5.41, 5.74) is 2.02. The highest BCUT2D eigenvalue weighted by atomic mass is 19.2. The maximum absolute atomic E-state index is 13.3. The van der Waals surface area contributed by atoms with Crippen LogP contribution in [0.2, 0.25) is 0 Å². The van der Waals surface area contributed by atoms with Crippen LogP contribution in [0.4, 0.5) is 23.2 Å². The fourth-order valence-corrected chi connectivity index (χ4v) is 1.15. The Morgan fingerprint density at radius 1 is 1.23 bits per heavy atom. The SMILES string of the molecule is C=CC=O.CNCCOC(=O)c1c(F)c(F)c(N)c(F)c1F. The zero-order valence-electron chi connectivity index (χ0n) is 11.6. The van der Waals surface area contributed by atoms with Gasteiger partial charge in [-0.2, -0.15) is 0 Å². The van der Waals surface area contributed by atoms with Gasteiger partial charge < -0.3 is 15.8 Å². The fourth-order valence-electron chi connectivity index (χ4n) is 1.15. The van der Waals surface area contributed by atoms with E-state index in [0.717, 1.165) is 0 Å². The molecule has 0 saturated heterocycles. The molecule has 9 heteroatoms. The van der Waals surface area contributed by atoms with E-state index >= 15 is 0 Å². The second-order valence-corrected chi connectivity index (χ2v) is 3.66. The standard InChI is InChI=1S/C10H10F4N2O2.C3H4O/c1-16-2-3-18-10(17)4-5(11)7(13)9(15)8(14)6(4)12;1-2-3-4/h16H,2-3,15H2,1H3;2-3H,1H2. The van der Waals surface area contributed by atoms with Gasteiger partial charge in [-0.1, -0.05) is 6.58 Å². The molecular weight excluding hydrogens is 308 g/mol. The Hall–Kier alpha value is -2.42. The number of esters is 1. The van der Waals surface area contributed by atoms with Crippen molar-refractivity contribution < 1.29 is 31.9 Å². The Bertz CT molecular complexity index is 530. The highest BCUT2D eigenvalue weighted by molar-refractivity contribution is 5.90. The van der Waals surface area contributed by atoms with Gasteiger partial charge in [0.05, 0.1) is 0 Å². The molecule has 22 heavy (non-hydrogen) atoms. The minimum Gasteiger partial charge on any atom is -0.461 e. The number of nitrogens with one attached hydrogen (secondary N) is 1. The normalized spacial score (nSPS) is 9.50. The van der Waals surface area contributed by atoms with E-state index in [1.165, 1.54) is 6.08 Å². The number of hydrogen-bond donors (Lipinski definition) is 2. The summed E-state index contributed by atoms with van der Waals surface area (Å²) < 4.78 is 57.1. The number of benzene rings is 1. The lowest BCUT2D eigenvalue weighted by Crippen LogP contribution is -2.20. The second-order valence-electron chi connectivity index (χ2n) is 3.66. The fraction of sp³-hybridized carbons (Fsp3) is 0.231. The molecule has 5 nitrogen and oxygen atoms in total. The van der Waals surface area contributed by atoms with Crippen molar-refractivity contribution >= 4 is 17.9 Å². The molecule has 0 radical (unpaired) electrons. The van der Waals surface area contributed by atoms with E-state index in [1.807, 2.05) is 0 Å². The molecule has 0 unspecified atom stereocenters. The van der Waals surface area contributed by atoms with Crippen LogP contribution in [-0.4, -0.2) is 32.5 Å². The van der Waals surface area contributed by atoms with Crippen molar-refractivity contribution in [2.75, 3.05) is 25.9 Å². The van der Waals surface area contributed by atoms with Crippen LogP contribution < -0.4 is 11.1 Å². The molecule has 0 atom stereocenters. The van der Waals surface area contributed by atoms with Crippen LogP contribution in [-0.2, 0) is 9.53 Å². The van der Waals surface area contributed by atoms with Crippen LogP contribution in [0.25, 0.3) is 0 Å². The number of anilines is 1. The number of aldehydes is 1. The van der Waals surface area contributed by atoms with Gasteiger partial charge in [0.25, 0.3) is 0 Å². The average molecular weight is 322 g/mol. The summed E-state index contributed by atoms with van der Waals surface area (Å²) in [7, 11) is 1.55. The van der Waals surface area contributed by atoms with Crippen LogP contribution in [0.1, 0.15) is 10.4 Å². The molecule has 0 heterocycles. The molecule has 0 saturated carbocycles. The van der Waals surface area contributed by atoms with Crippen molar-refractivity contribution in [3.8, 4) is 0 Å². The van der Waals surface area contributed by atoms with Crippen molar-refractivity contribution in [3.63, 3.8) is 0 Å². The van der Waals surface area contributed by atoms with E-state index in [4.69, 9.17) is 10.5 Å². The Balaban J connectivity index is 0.000000980. The van der Waals surface area contributed by atoms with Crippen molar-refractivity contribution in [1.29, 1.82) is 0 Å². The molecule has 122 valence electrons. The highest BCUT2D eigenvalue weighted by Crippen LogP contribution is 2.26. The lowest BCUT2D eigenvalue weighted by atomic mass is 10.1. The predicted molar refractivity (Wildman–Crippen MR) is 71.2 cm³/mol. The number of carbonyl (C=O) groups is 2. The molecule has 1 rings (SSSR count). The van der Waals surface area contributed by atoms with E-state index in [0.29, 0.717) is 6.29 Å². The van der Waals surface area contributed by atoms with Crippen LogP contribution in [0.3, 0.4) is 0 Å². The van der Waals surface area contributed by atoms with E-state index in [9.17, 15) is 22.4 Å². The van der Waals surface area contributed by atoms with Crippen LogP contribution in [0.15, 0.2) is 12.7 Å². The first-order valence-electron chi connectivity index (χ1n) is 5.82. The van der Waals surface area contributed by atoms with Gasteiger partial charge in [0.2, 0.25) is 0 Å². The number of nitrogen functional groups attached to an aromatic ring is 1. The third-order valence-electron chi connectivity index (χ3n) is 2.18. The summed E-state index contributed by atoms with van der Waals surface area (Å²) in [6.07, 6.45) is 1.83. The maximum atomic E-state index is 13.3. The minimum atomic E-state index is -1.87. The molecule has 0 aliphatic carbocycles. The van der Waals surface area contributed by atoms with Crippen molar-refractivity contribution in [3.05, 3.63) is 41.5 Å². The van der Waals surface area contributed by atoms with E-state index in [1.54, 1.807) is 7.05 Å². The highest BCUT2D eigenvalue weighted by Gasteiger charge is 2.29. The summed E-state index contributed by atoms with van der Waals surface area (Å²) in [5, 5.41) is 2.60. The summed E-state index contributed by atoms with van der Waals surface area (Å²) in [6.45, 7) is 3.12. The molecule has 0 amide bonds. The van der Waals surface area contributed by atoms with Crippen molar-refractivity contribution in [2.45, 2.75) is 0 Å². The number of halogens is 4. The van der Waals surface area contributed by atoms with Gasteiger partial charge in [-0.3, -0.25) is 4.79 Å². The monoisotopic (exact) mass is 322 g/mol. The molecule has 0 spiro atoms. The molecule has 0 aliphatic rings. The number of ether oxygens (including phenoxy) is 1. The first kappa shape index (κ1) is 19.6. The molecule has 1 aromatic rings. The number of hydrogen-bond acceptors (Lipinski definition) is 5. The van der Waals surface area contributed by atoms with Crippen molar-refractivity contribution in [1.82, 2.24) is 5.32 Å². The number of carbonyl (C=O) groups excluding carboxylic acids is 2. The zero-order valence-corrected chi connectivity index (χ0v) is 11.6. The molecule has 3 N–H and O–H groups in total. The molecular formula is C13H14F4N2O3. The van der Waals surface area contributed by atoms with Gasteiger partial charge in [0, 0.05) is 6.54 Å². The van der Waals surface area contributed by atoms with Gasteiger partial charge in [0.1, 0.15) is 24.1 Å². The average Bonchev–Trinajstić information content (AvgIpc) is 2.51. The number of rotatable bonds is 5. The summed E-state index contributed by atoms with van der Waals surface area (Å²) in [6, 6.07) is 0. The predicted octanol–water partition coefficient (Wildman–Crippen LogP) is 1.57. The van der Waals surface area contributed by atoms with Crippen molar-refractivity contribution in [2.24, 2.45) is 0 Å². The van der Waals surface area contributed by atoms with Gasteiger partial charge in [-0.05, 0) is 13.1 Å².